The molecule has 0 bridgehead atoms. The Morgan fingerprint density at radius 1 is 1.53 bits per heavy atom. The van der Waals surface area contributed by atoms with E-state index in [1.54, 1.807) is 17.5 Å². The smallest absolute Gasteiger partial charge is 0.0973 e. The number of rotatable bonds is 3. The lowest BCUT2D eigenvalue weighted by Crippen LogP contribution is -2.05. The molecule has 0 aromatic carbocycles. The molecule has 0 aliphatic heterocycles. The molecule has 4 heteroatoms. The van der Waals surface area contributed by atoms with Crippen LogP contribution in [0.5, 0.6) is 0 Å². The van der Waals surface area contributed by atoms with Crippen LogP contribution in [-0.4, -0.2) is 9.97 Å². The third-order valence-corrected chi connectivity index (χ3v) is 2.98. The highest BCUT2D eigenvalue weighted by atomic mass is 32.1. The van der Waals surface area contributed by atoms with E-state index in [2.05, 4.69) is 16.0 Å². The van der Waals surface area contributed by atoms with Gasteiger partial charge in [-0.3, -0.25) is 4.98 Å². The first-order valence-electron chi connectivity index (χ1n) is 4.84. The summed E-state index contributed by atoms with van der Waals surface area (Å²) >= 11 is 1.65. The van der Waals surface area contributed by atoms with Crippen LogP contribution in [0.15, 0.2) is 29.9 Å². The number of aromatic nitrogens is 2. The van der Waals surface area contributed by atoms with Crippen LogP contribution in [-0.2, 0) is 6.42 Å². The molecule has 0 amide bonds. The van der Waals surface area contributed by atoms with Gasteiger partial charge in [-0.2, -0.15) is 0 Å². The summed E-state index contributed by atoms with van der Waals surface area (Å²) in [5.41, 5.74) is 7.91. The first-order chi connectivity index (χ1) is 7.25. The van der Waals surface area contributed by atoms with Crippen LogP contribution in [0.1, 0.15) is 29.2 Å². The zero-order valence-corrected chi connectivity index (χ0v) is 9.37. The quantitative estimate of drug-likeness (QED) is 0.860. The van der Waals surface area contributed by atoms with E-state index in [0.717, 1.165) is 17.1 Å². The summed E-state index contributed by atoms with van der Waals surface area (Å²) in [5, 5.41) is 3.12. The lowest BCUT2D eigenvalue weighted by molar-refractivity contribution is 0.783. The Morgan fingerprint density at radius 2 is 2.40 bits per heavy atom. The van der Waals surface area contributed by atoms with Crippen LogP contribution in [0.2, 0.25) is 0 Å². The molecule has 0 spiro atoms. The molecule has 2 aromatic heterocycles. The van der Waals surface area contributed by atoms with Gasteiger partial charge >= 0.3 is 0 Å². The molecule has 0 fully saturated rings. The SMILES string of the molecule is CC(N)c1csc(Cc2cccnc2)n1. The van der Waals surface area contributed by atoms with Gasteiger partial charge in [-0.1, -0.05) is 6.07 Å². The molecule has 15 heavy (non-hydrogen) atoms. The minimum absolute atomic E-state index is 0.0175. The summed E-state index contributed by atoms with van der Waals surface area (Å²) in [6.07, 6.45) is 4.48. The lowest BCUT2D eigenvalue weighted by atomic mass is 10.2. The van der Waals surface area contributed by atoms with Gasteiger partial charge in [0.25, 0.3) is 0 Å². The molecule has 1 unspecified atom stereocenters. The minimum Gasteiger partial charge on any atom is -0.323 e. The molecular formula is C11H13N3S. The molecule has 0 saturated carbocycles. The second-order valence-electron chi connectivity index (χ2n) is 3.49. The fourth-order valence-corrected chi connectivity index (χ4v) is 2.22. The van der Waals surface area contributed by atoms with Gasteiger partial charge in [0.05, 0.1) is 10.7 Å². The van der Waals surface area contributed by atoms with Crippen molar-refractivity contribution in [3.05, 3.63) is 46.2 Å². The van der Waals surface area contributed by atoms with E-state index in [1.165, 1.54) is 5.56 Å². The van der Waals surface area contributed by atoms with Crippen LogP contribution >= 0.6 is 11.3 Å². The van der Waals surface area contributed by atoms with Gasteiger partial charge in [0.2, 0.25) is 0 Å². The van der Waals surface area contributed by atoms with Gasteiger partial charge in [0.1, 0.15) is 0 Å². The number of thiazole rings is 1. The fourth-order valence-electron chi connectivity index (χ4n) is 1.29. The molecule has 2 heterocycles. The van der Waals surface area contributed by atoms with Gasteiger partial charge in [-0.25, -0.2) is 4.98 Å². The average Bonchev–Trinajstić information content (AvgIpc) is 2.68. The topological polar surface area (TPSA) is 51.8 Å². The molecule has 0 aliphatic rings. The van der Waals surface area contributed by atoms with Gasteiger partial charge in [0, 0.05) is 30.2 Å². The third kappa shape index (κ3) is 2.61. The Hall–Kier alpha value is -1.26. The molecule has 0 radical (unpaired) electrons. The minimum atomic E-state index is 0.0175. The normalized spacial score (nSPS) is 12.7. The number of hydrogen-bond acceptors (Lipinski definition) is 4. The summed E-state index contributed by atoms with van der Waals surface area (Å²) < 4.78 is 0. The first-order valence-corrected chi connectivity index (χ1v) is 5.72. The highest BCUT2D eigenvalue weighted by Gasteiger charge is 2.06. The summed E-state index contributed by atoms with van der Waals surface area (Å²) in [6.45, 7) is 1.95. The van der Waals surface area contributed by atoms with Crippen molar-refractivity contribution in [2.75, 3.05) is 0 Å². The predicted molar refractivity (Wildman–Crippen MR) is 61.8 cm³/mol. The van der Waals surface area contributed by atoms with Crippen molar-refractivity contribution >= 4 is 11.3 Å². The predicted octanol–water partition coefficient (Wildman–Crippen LogP) is 2.15. The maximum atomic E-state index is 5.75. The second-order valence-corrected chi connectivity index (χ2v) is 4.44. The standard InChI is InChI=1S/C11H13N3S/c1-8(12)10-7-15-11(14-10)5-9-3-2-4-13-6-9/h2-4,6-8H,5,12H2,1H3. The Bertz CT molecular complexity index is 422. The Morgan fingerprint density at radius 3 is 3.00 bits per heavy atom. The number of nitrogens with two attached hydrogens (primary N) is 1. The lowest BCUT2D eigenvalue weighted by Gasteiger charge is -1.98. The second kappa shape index (κ2) is 4.51. The highest BCUT2D eigenvalue weighted by molar-refractivity contribution is 7.09. The maximum Gasteiger partial charge on any atom is 0.0973 e. The Balaban J connectivity index is 2.12. The van der Waals surface area contributed by atoms with Crippen molar-refractivity contribution in [2.24, 2.45) is 5.73 Å². The van der Waals surface area contributed by atoms with Crippen molar-refractivity contribution in [2.45, 2.75) is 19.4 Å². The van der Waals surface area contributed by atoms with Crippen molar-refractivity contribution in [3.63, 3.8) is 0 Å². The molecule has 2 rings (SSSR count). The van der Waals surface area contributed by atoms with E-state index in [0.29, 0.717) is 0 Å². The van der Waals surface area contributed by atoms with Crippen LogP contribution in [0.25, 0.3) is 0 Å². The van der Waals surface area contributed by atoms with Crippen molar-refractivity contribution in [1.29, 1.82) is 0 Å². The summed E-state index contributed by atoms with van der Waals surface area (Å²) in [7, 11) is 0. The van der Waals surface area contributed by atoms with Crippen molar-refractivity contribution in [1.82, 2.24) is 9.97 Å². The van der Waals surface area contributed by atoms with Crippen LogP contribution in [0.4, 0.5) is 0 Å². The van der Waals surface area contributed by atoms with Gasteiger partial charge in [-0.05, 0) is 18.6 Å². The van der Waals surface area contributed by atoms with E-state index in [9.17, 15) is 0 Å². The first kappa shape index (κ1) is 10.3. The molecule has 78 valence electrons. The van der Waals surface area contributed by atoms with Crippen LogP contribution in [0.3, 0.4) is 0 Å². The third-order valence-electron chi connectivity index (χ3n) is 2.11. The molecule has 2 N–H and O–H groups in total. The number of nitrogens with zero attached hydrogens (tertiary/aromatic N) is 2. The van der Waals surface area contributed by atoms with Gasteiger partial charge in [0.15, 0.2) is 0 Å². The van der Waals surface area contributed by atoms with Gasteiger partial charge < -0.3 is 5.73 Å². The monoisotopic (exact) mass is 219 g/mol. The number of pyridine rings is 1. The van der Waals surface area contributed by atoms with E-state index >= 15 is 0 Å². The van der Waals surface area contributed by atoms with E-state index in [1.807, 2.05) is 24.6 Å². The summed E-state index contributed by atoms with van der Waals surface area (Å²) in [6, 6.07) is 4.01. The van der Waals surface area contributed by atoms with Crippen molar-refractivity contribution < 1.29 is 0 Å². The molecule has 1 atom stereocenters. The van der Waals surface area contributed by atoms with E-state index < -0.39 is 0 Å². The van der Waals surface area contributed by atoms with E-state index in [4.69, 9.17) is 5.73 Å². The largest absolute Gasteiger partial charge is 0.323 e. The van der Waals surface area contributed by atoms with Gasteiger partial charge in [-0.15, -0.1) is 11.3 Å². The van der Waals surface area contributed by atoms with E-state index in [-0.39, 0.29) is 6.04 Å². The average molecular weight is 219 g/mol. The van der Waals surface area contributed by atoms with Crippen LogP contribution < -0.4 is 5.73 Å². The molecule has 2 aromatic rings. The zero-order chi connectivity index (χ0) is 10.7. The Labute approximate surface area is 93.0 Å². The molecule has 0 saturated heterocycles. The molecule has 3 nitrogen and oxygen atoms in total. The summed E-state index contributed by atoms with van der Waals surface area (Å²) in [5.74, 6) is 0. The molecule has 0 aliphatic carbocycles. The Kier molecular flexibility index (Phi) is 3.08. The fraction of sp³-hybridized carbons (Fsp3) is 0.273. The maximum absolute atomic E-state index is 5.75. The van der Waals surface area contributed by atoms with Crippen LogP contribution in [0, 0.1) is 0 Å². The summed E-state index contributed by atoms with van der Waals surface area (Å²) in [4.78, 5) is 8.55. The number of hydrogen-bond donors (Lipinski definition) is 1. The highest BCUT2D eigenvalue weighted by Crippen LogP contribution is 2.17. The molecular weight excluding hydrogens is 206 g/mol. The zero-order valence-electron chi connectivity index (χ0n) is 8.55. The van der Waals surface area contributed by atoms with Crippen molar-refractivity contribution in [3.8, 4) is 0 Å².